The van der Waals surface area contributed by atoms with E-state index in [1.807, 2.05) is 36.4 Å². The molecule has 0 aromatic heterocycles. The van der Waals surface area contributed by atoms with E-state index in [0.29, 0.717) is 22.9 Å². The molecule has 0 unspecified atom stereocenters. The highest BCUT2D eigenvalue weighted by atomic mass is 16.5. The van der Waals surface area contributed by atoms with Gasteiger partial charge in [-0.3, -0.25) is 9.59 Å². The molecule has 8 heteroatoms. The highest BCUT2D eigenvalue weighted by molar-refractivity contribution is 6.22. The summed E-state index contributed by atoms with van der Waals surface area (Å²) in [6.45, 7) is 2.23. The van der Waals surface area contributed by atoms with Crippen molar-refractivity contribution in [1.82, 2.24) is 4.90 Å². The van der Waals surface area contributed by atoms with Gasteiger partial charge >= 0.3 is 6.03 Å². The summed E-state index contributed by atoms with van der Waals surface area (Å²) in [6, 6.07) is 20.0. The smallest absolute Gasteiger partial charge is 0.332 e. The van der Waals surface area contributed by atoms with Crippen molar-refractivity contribution < 1.29 is 23.9 Å². The number of aryl methyl sites for hydroxylation is 1. The van der Waals surface area contributed by atoms with Gasteiger partial charge in [-0.25, -0.2) is 9.69 Å². The van der Waals surface area contributed by atoms with Crippen LogP contribution in [0.4, 0.5) is 16.2 Å². The minimum Gasteiger partial charge on any atom is -0.497 e. The maximum absolute atomic E-state index is 13.5. The molecule has 36 heavy (non-hydrogen) atoms. The number of hydrogen-bond donors (Lipinski definition) is 1. The Morgan fingerprint density at radius 3 is 1.94 bits per heavy atom. The van der Waals surface area contributed by atoms with Crippen LogP contribution in [-0.2, 0) is 22.6 Å². The fourth-order valence-electron chi connectivity index (χ4n) is 4.12. The van der Waals surface area contributed by atoms with E-state index in [4.69, 9.17) is 9.47 Å². The van der Waals surface area contributed by atoms with E-state index in [1.165, 1.54) is 4.90 Å². The van der Waals surface area contributed by atoms with Crippen LogP contribution in [-0.4, -0.2) is 43.0 Å². The third-order valence-electron chi connectivity index (χ3n) is 6.19. The molecule has 3 aromatic carbocycles. The van der Waals surface area contributed by atoms with E-state index in [2.05, 4.69) is 12.2 Å². The van der Waals surface area contributed by atoms with Crippen LogP contribution in [0, 0.1) is 0 Å². The maximum Gasteiger partial charge on any atom is 0.332 e. The van der Waals surface area contributed by atoms with Crippen LogP contribution >= 0.6 is 0 Å². The van der Waals surface area contributed by atoms with Gasteiger partial charge < -0.3 is 19.7 Å². The van der Waals surface area contributed by atoms with Crippen LogP contribution in [0.1, 0.15) is 24.5 Å². The topological polar surface area (TPSA) is 88.2 Å². The molecular formula is C28H29N3O5. The highest BCUT2D eigenvalue weighted by Crippen LogP contribution is 2.30. The molecule has 4 amide bonds. The SMILES string of the molecule is CCc1ccc(NC(=O)C[C@@H]2C(=O)N(c3ccc(OC)cc3)C(=O)N2Cc2ccc(OC)cc2)cc1. The molecule has 1 aliphatic heterocycles. The van der Waals surface area contributed by atoms with Crippen LogP contribution in [0.2, 0.25) is 0 Å². The standard InChI is InChI=1S/C28H29N3O5/c1-4-19-5-9-21(10-6-19)29-26(32)17-25-27(33)31(22-11-15-24(36-3)16-12-22)28(34)30(25)18-20-7-13-23(35-2)14-8-20/h5-16,25H,4,17-18H2,1-3H3,(H,29,32)/t25-/m1/s1. The molecule has 3 aromatic rings. The van der Waals surface area contributed by atoms with Crippen molar-refractivity contribution >= 4 is 29.2 Å². The minimum absolute atomic E-state index is 0.164. The van der Waals surface area contributed by atoms with Gasteiger partial charge in [0.1, 0.15) is 17.5 Å². The van der Waals surface area contributed by atoms with Crippen LogP contribution in [0.3, 0.4) is 0 Å². The molecule has 1 N–H and O–H groups in total. The first-order valence-electron chi connectivity index (χ1n) is 11.7. The number of hydrogen-bond acceptors (Lipinski definition) is 5. The molecule has 0 bridgehead atoms. The monoisotopic (exact) mass is 487 g/mol. The number of carbonyl (C=O) groups is 3. The van der Waals surface area contributed by atoms with E-state index >= 15 is 0 Å². The predicted octanol–water partition coefficient (Wildman–Crippen LogP) is 4.63. The lowest BCUT2D eigenvalue weighted by molar-refractivity contribution is -0.124. The Hall–Kier alpha value is -4.33. The summed E-state index contributed by atoms with van der Waals surface area (Å²) in [5.41, 5.74) is 3.03. The second-order valence-electron chi connectivity index (χ2n) is 8.45. The Labute approximate surface area is 210 Å². The summed E-state index contributed by atoms with van der Waals surface area (Å²) in [6.07, 6.45) is 0.733. The lowest BCUT2D eigenvalue weighted by Gasteiger charge is -2.22. The van der Waals surface area contributed by atoms with Gasteiger partial charge in [0, 0.05) is 12.2 Å². The van der Waals surface area contributed by atoms with Crippen LogP contribution < -0.4 is 19.7 Å². The Kier molecular flexibility index (Phi) is 7.53. The Balaban J connectivity index is 1.58. The normalized spacial score (nSPS) is 15.2. The zero-order valence-corrected chi connectivity index (χ0v) is 20.6. The Morgan fingerprint density at radius 2 is 1.39 bits per heavy atom. The maximum atomic E-state index is 13.5. The number of anilines is 2. The summed E-state index contributed by atoms with van der Waals surface area (Å²) >= 11 is 0. The molecule has 1 aliphatic rings. The average molecular weight is 488 g/mol. The first-order chi connectivity index (χ1) is 17.4. The van der Waals surface area contributed by atoms with Gasteiger partial charge in [0.05, 0.1) is 26.3 Å². The van der Waals surface area contributed by atoms with Crippen molar-refractivity contribution in [3.63, 3.8) is 0 Å². The molecule has 0 spiro atoms. The fourth-order valence-corrected chi connectivity index (χ4v) is 4.12. The molecule has 1 saturated heterocycles. The summed E-state index contributed by atoms with van der Waals surface area (Å²) < 4.78 is 10.4. The van der Waals surface area contributed by atoms with E-state index < -0.39 is 18.0 Å². The van der Waals surface area contributed by atoms with Gasteiger partial charge in [0.25, 0.3) is 5.91 Å². The van der Waals surface area contributed by atoms with E-state index in [9.17, 15) is 14.4 Å². The second-order valence-corrected chi connectivity index (χ2v) is 8.45. The third-order valence-corrected chi connectivity index (χ3v) is 6.19. The lowest BCUT2D eigenvalue weighted by Crippen LogP contribution is -2.37. The van der Waals surface area contributed by atoms with Crippen molar-refractivity contribution in [2.45, 2.75) is 32.4 Å². The molecule has 1 atom stereocenters. The van der Waals surface area contributed by atoms with Gasteiger partial charge in [-0.05, 0) is 66.1 Å². The molecule has 186 valence electrons. The summed E-state index contributed by atoms with van der Waals surface area (Å²) in [7, 11) is 3.12. The number of imide groups is 1. The van der Waals surface area contributed by atoms with Crippen LogP contribution in [0.25, 0.3) is 0 Å². The van der Waals surface area contributed by atoms with Crippen molar-refractivity contribution in [2.24, 2.45) is 0 Å². The van der Waals surface area contributed by atoms with Crippen LogP contribution in [0.5, 0.6) is 11.5 Å². The van der Waals surface area contributed by atoms with Gasteiger partial charge in [0.15, 0.2) is 0 Å². The number of urea groups is 1. The third kappa shape index (κ3) is 5.33. The predicted molar refractivity (Wildman–Crippen MR) is 137 cm³/mol. The summed E-state index contributed by atoms with van der Waals surface area (Å²) in [4.78, 5) is 42.4. The molecule has 0 radical (unpaired) electrons. The average Bonchev–Trinajstić information content (AvgIpc) is 3.13. The van der Waals surface area contributed by atoms with E-state index in [1.54, 1.807) is 50.6 Å². The van der Waals surface area contributed by atoms with Crippen LogP contribution in [0.15, 0.2) is 72.8 Å². The van der Waals surface area contributed by atoms with Crippen molar-refractivity contribution in [3.05, 3.63) is 83.9 Å². The lowest BCUT2D eigenvalue weighted by atomic mass is 10.1. The number of nitrogens with zero attached hydrogens (tertiary/aromatic N) is 2. The largest absolute Gasteiger partial charge is 0.497 e. The van der Waals surface area contributed by atoms with Gasteiger partial charge in [-0.1, -0.05) is 31.2 Å². The Bertz CT molecular complexity index is 1220. The molecule has 4 rings (SSSR count). The first kappa shape index (κ1) is 24.8. The minimum atomic E-state index is -0.948. The van der Waals surface area contributed by atoms with Crippen molar-refractivity contribution in [1.29, 1.82) is 0 Å². The number of amides is 4. The van der Waals surface area contributed by atoms with Crippen molar-refractivity contribution in [3.8, 4) is 11.5 Å². The Morgan fingerprint density at radius 1 is 0.833 bits per heavy atom. The van der Waals surface area contributed by atoms with Gasteiger partial charge in [-0.2, -0.15) is 0 Å². The second kappa shape index (κ2) is 10.9. The zero-order valence-electron chi connectivity index (χ0n) is 20.6. The number of rotatable bonds is 9. The first-order valence-corrected chi connectivity index (χ1v) is 11.7. The molecule has 0 aliphatic carbocycles. The van der Waals surface area contributed by atoms with Gasteiger partial charge in [-0.15, -0.1) is 0 Å². The molecule has 1 heterocycles. The number of carbonyl (C=O) groups excluding carboxylic acids is 3. The number of methoxy groups -OCH3 is 2. The van der Waals surface area contributed by atoms with Crippen molar-refractivity contribution in [2.75, 3.05) is 24.4 Å². The van der Waals surface area contributed by atoms with E-state index in [0.717, 1.165) is 22.4 Å². The van der Waals surface area contributed by atoms with E-state index in [-0.39, 0.29) is 18.9 Å². The summed E-state index contributed by atoms with van der Waals surface area (Å²) in [5, 5.41) is 2.84. The van der Waals surface area contributed by atoms with Gasteiger partial charge in [0.2, 0.25) is 5.91 Å². The highest BCUT2D eigenvalue weighted by Gasteiger charge is 2.46. The number of ether oxygens (including phenoxy) is 2. The molecular weight excluding hydrogens is 458 g/mol. The number of benzene rings is 3. The molecule has 0 saturated carbocycles. The number of nitrogens with one attached hydrogen (secondary N) is 1. The quantitative estimate of drug-likeness (QED) is 0.445. The summed E-state index contributed by atoms with van der Waals surface area (Å²) in [5.74, 6) is 0.502. The molecule has 1 fully saturated rings. The molecule has 8 nitrogen and oxygen atoms in total. The zero-order chi connectivity index (χ0) is 25.7. The fraction of sp³-hybridized carbons (Fsp3) is 0.250.